The topological polar surface area (TPSA) is 41.5 Å². The molecule has 2 rings (SSSR count). The first-order valence-corrected chi connectivity index (χ1v) is 7.19. The van der Waals surface area contributed by atoms with Crippen LogP contribution < -0.4 is 10.1 Å². The zero-order chi connectivity index (χ0) is 15.2. The Bertz CT molecular complexity index is 596. The van der Waals surface area contributed by atoms with Gasteiger partial charge >= 0.3 is 0 Å². The van der Waals surface area contributed by atoms with Gasteiger partial charge in [-0.2, -0.15) is 0 Å². The van der Waals surface area contributed by atoms with Crippen LogP contribution in [-0.2, 0) is 6.54 Å². The molecule has 0 amide bonds. The lowest BCUT2D eigenvalue weighted by atomic mass is 10.0. The smallest absolute Gasteiger partial charge is 0.124 e. The first-order chi connectivity index (χ1) is 10.1. The SMILES string of the molecule is COc1ccc(C)cc1C(O)CNCc1ccccc1C. The Kier molecular flexibility index (Phi) is 5.37. The van der Waals surface area contributed by atoms with Gasteiger partial charge in [0.2, 0.25) is 0 Å². The van der Waals surface area contributed by atoms with Crippen molar-refractivity contribution in [2.45, 2.75) is 26.5 Å². The highest BCUT2D eigenvalue weighted by atomic mass is 16.5. The monoisotopic (exact) mass is 285 g/mol. The van der Waals surface area contributed by atoms with Crippen LogP contribution in [0, 0.1) is 13.8 Å². The highest BCUT2D eigenvalue weighted by Gasteiger charge is 2.13. The van der Waals surface area contributed by atoms with Crippen LogP contribution in [-0.4, -0.2) is 18.8 Å². The molecule has 0 aliphatic carbocycles. The first kappa shape index (κ1) is 15.5. The number of aliphatic hydroxyl groups is 1. The predicted molar refractivity (Wildman–Crippen MR) is 85.6 cm³/mol. The molecule has 0 heterocycles. The van der Waals surface area contributed by atoms with Crippen LogP contribution in [0.4, 0.5) is 0 Å². The van der Waals surface area contributed by atoms with Gasteiger partial charge < -0.3 is 15.2 Å². The second-order valence-electron chi connectivity index (χ2n) is 5.32. The van der Waals surface area contributed by atoms with E-state index in [0.29, 0.717) is 6.54 Å². The molecule has 3 heteroatoms. The minimum atomic E-state index is -0.580. The maximum atomic E-state index is 10.4. The summed E-state index contributed by atoms with van der Waals surface area (Å²) >= 11 is 0. The molecule has 0 aliphatic heterocycles. The summed E-state index contributed by atoms with van der Waals surface area (Å²) in [6.07, 6.45) is -0.580. The second kappa shape index (κ2) is 7.25. The van der Waals surface area contributed by atoms with E-state index >= 15 is 0 Å². The van der Waals surface area contributed by atoms with E-state index < -0.39 is 6.10 Å². The molecule has 112 valence electrons. The van der Waals surface area contributed by atoms with E-state index in [9.17, 15) is 5.11 Å². The molecule has 0 aromatic heterocycles. The van der Waals surface area contributed by atoms with Crippen LogP contribution >= 0.6 is 0 Å². The van der Waals surface area contributed by atoms with E-state index in [4.69, 9.17) is 4.74 Å². The predicted octanol–water partition coefficient (Wildman–Crippen LogP) is 3.14. The fourth-order valence-electron chi connectivity index (χ4n) is 2.38. The summed E-state index contributed by atoms with van der Waals surface area (Å²) in [5.74, 6) is 0.728. The lowest BCUT2D eigenvalue weighted by Gasteiger charge is -2.16. The number of hydrogen-bond donors (Lipinski definition) is 2. The maximum absolute atomic E-state index is 10.4. The maximum Gasteiger partial charge on any atom is 0.124 e. The van der Waals surface area contributed by atoms with Crippen LogP contribution in [0.15, 0.2) is 42.5 Å². The number of benzene rings is 2. The van der Waals surface area contributed by atoms with Crippen molar-refractivity contribution in [2.75, 3.05) is 13.7 Å². The number of nitrogens with one attached hydrogen (secondary N) is 1. The first-order valence-electron chi connectivity index (χ1n) is 7.19. The van der Waals surface area contributed by atoms with Crippen molar-refractivity contribution in [3.63, 3.8) is 0 Å². The molecule has 2 aromatic rings. The fraction of sp³-hybridized carbons (Fsp3) is 0.333. The van der Waals surface area contributed by atoms with Crippen LogP contribution in [0.3, 0.4) is 0 Å². The average Bonchev–Trinajstić information content (AvgIpc) is 2.49. The van der Waals surface area contributed by atoms with Gasteiger partial charge in [-0.15, -0.1) is 0 Å². The van der Waals surface area contributed by atoms with E-state index in [1.165, 1.54) is 11.1 Å². The third-order valence-corrected chi connectivity index (χ3v) is 3.66. The molecule has 2 aromatic carbocycles. The highest BCUT2D eigenvalue weighted by molar-refractivity contribution is 5.38. The van der Waals surface area contributed by atoms with Crippen molar-refractivity contribution in [2.24, 2.45) is 0 Å². The molecule has 0 fully saturated rings. The van der Waals surface area contributed by atoms with E-state index in [1.807, 2.05) is 37.3 Å². The summed E-state index contributed by atoms with van der Waals surface area (Å²) in [4.78, 5) is 0. The Labute approximate surface area is 126 Å². The van der Waals surface area contributed by atoms with Crippen molar-refractivity contribution in [3.05, 3.63) is 64.7 Å². The third-order valence-electron chi connectivity index (χ3n) is 3.66. The summed E-state index contributed by atoms with van der Waals surface area (Å²) in [5.41, 5.74) is 4.45. The van der Waals surface area contributed by atoms with Crippen molar-refractivity contribution in [3.8, 4) is 5.75 Å². The number of aliphatic hydroxyl groups excluding tert-OH is 1. The Morgan fingerprint density at radius 3 is 2.62 bits per heavy atom. The Hall–Kier alpha value is -1.84. The second-order valence-corrected chi connectivity index (χ2v) is 5.32. The lowest BCUT2D eigenvalue weighted by molar-refractivity contribution is 0.170. The number of aryl methyl sites for hydroxylation is 2. The molecule has 0 radical (unpaired) electrons. The number of methoxy groups -OCH3 is 1. The van der Waals surface area contributed by atoms with Crippen LogP contribution in [0.25, 0.3) is 0 Å². The van der Waals surface area contributed by atoms with Gasteiger partial charge in [-0.1, -0.05) is 35.9 Å². The Morgan fingerprint density at radius 2 is 1.90 bits per heavy atom. The normalized spacial score (nSPS) is 12.2. The van der Waals surface area contributed by atoms with Crippen LogP contribution in [0.2, 0.25) is 0 Å². The van der Waals surface area contributed by atoms with E-state index in [1.54, 1.807) is 7.11 Å². The summed E-state index contributed by atoms with van der Waals surface area (Å²) in [7, 11) is 1.63. The van der Waals surface area contributed by atoms with Crippen molar-refractivity contribution >= 4 is 0 Å². The molecular weight excluding hydrogens is 262 g/mol. The molecule has 1 unspecified atom stereocenters. The summed E-state index contributed by atoms with van der Waals surface area (Å²) in [6.45, 7) is 5.35. The van der Waals surface area contributed by atoms with Crippen molar-refractivity contribution < 1.29 is 9.84 Å². The number of hydrogen-bond acceptors (Lipinski definition) is 3. The summed E-state index contributed by atoms with van der Waals surface area (Å²) in [5, 5.41) is 13.7. The standard InChI is InChI=1S/C18H23NO2/c1-13-8-9-18(21-3)16(10-13)17(20)12-19-11-15-7-5-4-6-14(15)2/h4-10,17,19-20H,11-12H2,1-3H3. The van der Waals surface area contributed by atoms with Crippen LogP contribution in [0.1, 0.15) is 28.4 Å². The van der Waals surface area contributed by atoms with Gasteiger partial charge in [0.1, 0.15) is 5.75 Å². The van der Waals surface area contributed by atoms with Gasteiger partial charge in [-0.3, -0.25) is 0 Å². The minimum absolute atomic E-state index is 0.494. The zero-order valence-corrected chi connectivity index (χ0v) is 12.9. The van der Waals surface area contributed by atoms with Gasteiger partial charge in [-0.05, 0) is 37.1 Å². The van der Waals surface area contributed by atoms with Gasteiger partial charge in [0.05, 0.1) is 13.2 Å². The van der Waals surface area contributed by atoms with Crippen LogP contribution in [0.5, 0.6) is 5.75 Å². The largest absolute Gasteiger partial charge is 0.496 e. The summed E-state index contributed by atoms with van der Waals surface area (Å²) in [6, 6.07) is 14.1. The molecule has 0 spiro atoms. The molecule has 0 aliphatic rings. The van der Waals surface area contributed by atoms with Gasteiger partial charge in [0, 0.05) is 18.7 Å². The van der Waals surface area contributed by atoms with Crippen molar-refractivity contribution in [1.82, 2.24) is 5.32 Å². The molecule has 2 N–H and O–H groups in total. The zero-order valence-electron chi connectivity index (χ0n) is 12.9. The molecular formula is C18H23NO2. The Balaban J connectivity index is 1.97. The van der Waals surface area contributed by atoms with Gasteiger partial charge in [-0.25, -0.2) is 0 Å². The molecule has 0 saturated carbocycles. The number of rotatable bonds is 6. The summed E-state index contributed by atoms with van der Waals surface area (Å²) < 4.78 is 5.32. The fourth-order valence-corrected chi connectivity index (χ4v) is 2.38. The molecule has 21 heavy (non-hydrogen) atoms. The minimum Gasteiger partial charge on any atom is -0.496 e. The molecule has 0 saturated heterocycles. The van der Waals surface area contributed by atoms with Crippen molar-refractivity contribution in [1.29, 1.82) is 0 Å². The molecule has 3 nitrogen and oxygen atoms in total. The van der Waals surface area contributed by atoms with E-state index in [0.717, 1.165) is 23.4 Å². The molecule has 1 atom stereocenters. The Morgan fingerprint density at radius 1 is 1.14 bits per heavy atom. The average molecular weight is 285 g/mol. The number of ether oxygens (including phenoxy) is 1. The van der Waals surface area contributed by atoms with E-state index in [-0.39, 0.29) is 0 Å². The van der Waals surface area contributed by atoms with E-state index in [2.05, 4.69) is 24.4 Å². The van der Waals surface area contributed by atoms with Gasteiger partial charge in [0.15, 0.2) is 0 Å². The van der Waals surface area contributed by atoms with Gasteiger partial charge in [0.25, 0.3) is 0 Å². The quantitative estimate of drug-likeness (QED) is 0.857. The third kappa shape index (κ3) is 4.06. The molecule has 0 bridgehead atoms. The highest BCUT2D eigenvalue weighted by Crippen LogP contribution is 2.25. The lowest BCUT2D eigenvalue weighted by Crippen LogP contribution is -2.21.